The highest BCUT2D eigenvalue weighted by Crippen LogP contribution is 2.37. The molecular formula is C24H22N6OS2. The molecule has 9 heteroatoms. The van der Waals surface area contributed by atoms with Crippen molar-refractivity contribution < 1.29 is 0 Å². The monoisotopic (exact) mass is 474 g/mol. The number of nitrogens with zero attached hydrogens (tertiary/aromatic N) is 5. The average Bonchev–Trinajstić information content (AvgIpc) is 3.35. The molecule has 0 aliphatic heterocycles. The van der Waals surface area contributed by atoms with Crippen LogP contribution in [0.1, 0.15) is 34.0 Å². The fraction of sp³-hybridized carbons (Fsp3) is 0.208. The standard InChI is InChI=1S/C24H22N6OS2/c1-13-8-5-6-10-18(13)30-21(17-9-7-11-25-12-17)28-29-24(30)33-16(4)20-26-22(31)19-14(2)15(3)32-23(19)27-20/h5-12,16H,1-4H3,(H,26,27,31). The summed E-state index contributed by atoms with van der Waals surface area (Å²) in [4.78, 5) is 26.7. The molecule has 0 spiro atoms. The molecule has 166 valence electrons. The molecule has 1 aromatic carbocycles. The number of fused-ring (bicyclic) bond motifs is 1. The lowest BCUT2D eigenvalue weighted by Crippen LogP contribution is -2.13. The molecule has 0 saturated carbocycles. The van der Waals surface area contributed by atoms with Gasteiger partial charge in [-0.3, -0.25) is 14.3 Å². The summed E-state index contributed by atoms with van der Waals surface area (Å²) in [6.07, 6.45) is 3.52. The van der Waals surface area contributed by atoms with Gasteiger partial charge in [-0.1, -0.05) is 30.0 Å². The molecule has 0 saturated heterocycles. The summed E-state index contributed by atoms with van der Waals surface area (Å²) in [5, 5.41) is 10.3. The van der Waals surface area contributed by atoms with E-state index in [-0.39, 0.29) is 10.8 Å². The van der Waals surface area contributed by atoms with Crippen molar-refractivity contribution in [3.63, 3.8) is 0 Å². The quantitative estimate of drug-likeness (QED) is 0.343. The fourth-order valence-electron chi connectivity index (χ4n) is 3.74. The Balaban J connectivity index is 1.59. The zero-order valence-corrected chi connectivity index (χ0v) is 20.3. The van der Waals surface area contributed by atoms with E-state index in [1.54, 1.807) is 23.7 Å². The van der Waals surface area contributed by atoms with Crippen LogP contribution in [0.15, 0.2) is 58.7 Å². The summed E-state index contributed by atoms with van der Waals surface area (Å²) in [5.41, 5.74) is 3.88. The van der Waals surface area contributed by atoms with E-state index in [0.29, 0.717) is 17.0 Å². The number of hydrogen-bond acceptors (Lipinski definition) is 7. The first-order valence-corrected chi connectivity index (χ1v) is 12.2. The van der Waals surface area contributed by atoms with Gasteiger partial charge in [0.2, 0.25) is 0 Å². The molecule has 0 aliphatic rings. The summed E-state index contributed by atoms with van der Waals surface area (Å²) in [6.45, 7) is 8.06. The highest BCUT2D eigenvalue weighted by Gasteiger charge is 2.22. The van der Waals surface area contributed by atoms with Crippen molar-refractivity contribution in [3.8, 4) is 17.1 Å². The Kier molecular flexibility index (Phi) is 5.59. The molecule has 4 heterocycles. The Morgan fingerprint density at radius 1 is 1.09 bits per heavy atom. The van der Waals surface area contributed by atoms with E-state index in [0.717, 1.165) is 37.2 Å². The van der Waals surface area contributed by atoms with Crippen molar-refractivity contribution in [1.29, 1.82) is 0 Å². The van der Waals surface area contributed by atoms with E-state index in [1.165, 1.54) is 11.8 Å². The maximum absolute atomic E-state index is 12.8. The van der Waals surface area contributed by atoms with Gasteiger partial charge >= 0.3 is 0 Å². The lowest BCUT2D eigenvalue weighted by atomic mass is 10.2. The minimum absolute atomic E-state index is 0.0966. The Hall–Kier alpha value is -3.30. The number of thiophene rings is 1. The molecule has 7 nitrogen and oxygen atoms in total. The minimum Gasteiger partial charge on any atom is -0.309 e. The average molecular weight is 475 g/mol. The molecule has 1 N–H and O–H groups in total. The van der Waals surface area contributed by atoms with Crippen LogP contribution in [0.5, 0.6) is 0 Å². The predicted octanol–water partition coefficient (Wildman–Crippen LogP) is 5.41. The molecule has 0 fully saturated rings. The highest BCUT2D eigenvalue weighted by atomic mass is 32.2. The van der Waals surface area contributed by atoms with Crippen LogP contribution < -0.4 is 5.56 Å². The van der Waals surface area contributed by atoms with E-state index in [1.807, 2.05) is 49.6 Å². The molecule has 5 rings (SSSR count). The van der Waals surface area contributed by atoms with Crippen LogP contribution in [0.25, 0.3) is 27.3 Å². The van der Waals surface area contributed by atoms with E-state index in [9.17, 15) is 4.79 Å². The van der Waals surface area contributed by atoms with Gasteiger partial charge < -0.3 is 4.98 Å². The van der Waals surface area contributed by atoms with E-state index >= 15 is 0 Å². The number of benzene rings is 1. The van der Waals surface area contributed by atoms with E-state index < -0.39 is 0 Å². The highest BCUT2D eigenvalue weighted by molar-refractivity contribution is 7.99. The van der Waals surface area contributed by atoms with Crippen LogP contribution in [0.3, 0.4) is 0 Å². The van der Waals surface area contributed by atoms with Crippen molar-refractivity contribution in [2.75, 3.05) is 0 Å². The molecule has 0 aliphatic carbocycles. The van der Waals surface area contributed by atoms with Crippen molar-refractivity contribution in [2.45, 2.75) is 38.1 Å². The summed E-state index contributed by atoms with van der Waals surface area (Å²) >= 11 is 3.07. The van der Waals surface area contributed by atoms with Gasteiger partial charge in [-0.25, -0.2) is 4.98 Å². The van der Waals surface area contributed by atoms with Gasteiger partial charge in [0.15, 0.2) is 11.0 Å². The van der Waals surface area contributed by atoms with Crippen LogP contribution in [0.2, 0.25) is 0 Å². The SMILES string of the molecule is Cc1ccccc1-n1c(SC(C)c2nc3sc(C)c(C)c3c(=O)[nH]2)nnc1-c1cccnc1. The van der Waals surface area contributed by atoms with Gasteiger partial charge in [-0.15, -0.1) is 21.5 Å². The Morgan fingerprint density at radius 2 is 1.91 bits per heavy atom. The summed E-state index contributed by atoms with van der Waals surface area (Å²) < 4.78 is 2.05. The molecular weight excluding hydrogens is 452 g/mol. The number of aryl methyl sites for hydroxylation is 3. The van der Waals surface area contributed by atoms with Crippen LogP contribution in [0, 0.1) is 20.8 Å². The van der Waals surface area contributed by atoms with Crippen molar-refractivity contribution >= 4 is 33.3 Å². The normalized spacial score (nSPS) is 12.4. The van der Waals surface area contributed by atoms with Crippen molar-refractivity contribution in [3.05, 3.63) is 81.0 Å². The molecule has 4 aromatic heterocycles. The Labute approximate surface area is 199 Å². The third-order valence-corrected chi connectivity index (χ3v) is 7.79. The van der Waals surface area contributed by atoms with Gasteiger partial charge in [0.05, 0.1) is 16.3 Å². The number of aromatic nitrogens is 6. The molecule has 33 heavy (non-hydrogen) atoms. The maximum Gasteiger partial charge on any atom is 0.259 e. The molecule has 0 bridgehead atoms. The van der Waals surface area contributed by atoms with Crippen LogP contribution in [-0.2, 0) is 0 Å². The number of hydrogen-bond donors (Lipinski definition) is 1. The molecule has 0 radical (unpaired) electrons. The van der Waals surface area contributed by atoms with Crippen molar-refractivity contribution in [1.82, 2.24) is 29.7 Å². The lowest BCUT2D eigenvalue weighted by molar-refractivity contribution is 0.859. The zero-order chi connectivity index (χ0) is 23.1. The van der Waals surface area contributed by atoms with Gasteiger partial charge in [0.1, 0.15) is 10.7 Å². The smallest absolute Gasteiger partial charge is 0.259 e. The van der Waals surface area contributed by atoms with Gasteiger partial charge in [-0.05, 0) is 57.0 Å². The van der Waals surface area contributed by atoms with Gasteiger partial charge in [0, 0.05) is 22.8 Å². The zero-order valence-electron chi connectivity index (χ0n) is 18.7. The third kappa shape index (κ3) is 3.87. The fourth-order valence-corrected chi connectivity index (χ4v) is 5.69. The summed E-state index contributed by atoms with van der Waals surface area (Å²) in [6, 6.07) is 12.0. The number of para-hydroxylation sites is 1. The first-order chi connectivity index (χ1) is 15.9. The Bertz CT molecular complexity index is 1520. The second-order valence-corrected chi connectivity index (χ2v) is 10.4. The number of aromatic amines is 1. The van der Waals surface area contributed by atoms with Crippen molar-refractivity contribution in [2.24, 2.45) is 0 Å². The molecule has 0 amide bonds. The largest absolute Gasteiger partial charge is 0.309 e. The molecule has 5 aromatic rings. The van der Waals surface area contributed by atoms with E-state index in [2.05, 4.69) is 39.2 Å². The van der Waals surface area contributed by atoms with Gasteiger partial charge in [0.25, 0.3) is 5.56 Å². The third-order valence-electron chi connectivity index (χ3n) is 5.63. The molecule has 1 unspecified atom stereocenters. The number of pyridine rings is 1. The summed E-state index contributed by atoms with van der Waals surface area (Å²) in [7, 11) is 0. The Morgan fingerprint density at radius 3 is 2.67 bits per heavy atom. The number of nitrogens with one attached hydrogen (secondary N) is 1. The first kappa shape index (κ1) is 21.5. The number of H-pyrrole nitrogens is 1. The van der Waals surface area contributed by atoms with Crippen LogP contribution in [-0.4, -0.2) is 29.7 Å². The maximum atomic E-state index is 12.8. The summed E-state index contributed by atoms with van der Waals surface area (Å²) in [5.74, 6) is 1.34. The van der Waals surface area contributed by atoms with Crippen LogP contribution >= 0.6 is 23.1 Å². The minimum atomic E-state index is -0.140. The van der Waals surface area contributed by atoms with E-state index in [4.69, 9.17) is 4.98 Å². The second kappa shape index (κ2) is 8.57. The first-order valence-electron chi connectivity index (χ1n) is 10.5. The predicted molar refractivity (Wildman–Crippen MR) is 133 cm³/mol. The number of thioether (sulfide) groups is 1. The number of rotatable bonds is 5. The topological polar surface area (TPSA) is 89.4 Å². The second-order valence-electron chi connectivity index (χ2n) is 7.84. The lowest BCUT2D eigenvalue weighted by Gasteiger charge is -2.15. The van der Waals surface area contributed by atoms with Crippen LogP contribution in [0.4, 0.5) is 0 Å². The van der Waals surface area contributed by atoms with Gasteiger partial charge in [-0.2, -0.15) is 0 Å². The molecule has 1 atom stereocenters.